The molecule has 0 atom stereocenters. The first-order valence-corrected chi connectivity index (χ1v) is 5.79. The minimum absolute atomic E-state index is 0.0303. The molecule has 0 saturated heterocycles. The van der Waals surface area contributed by atoms with Crippen molar-refractivity contribution in [3.05, 3.63) is 0 Å². The molecule has 0 fully saturated rings. The van der Waals surface area contributed by atoms with Crippen LogP contribution in [0.25, 0.3) is 0 Å². The number of alkyl halides is 1. The van der Waals surface area contributed by atoms with Crippen LogP contribution < -0.4 is 0 Å². The lowest BCUT2D eigenvalue weighted by Gasteiger charge is -2.38. The van der Waals surface area contributed by atoms with E-state index in [2.05, 4.69) is 0 Å². The number of aliphatic carboxylic acids is 1. The standard InChI is InChI=1S/C11H19ClO4/c1-7(2)11(6-12,8(3)4)16-10(15)5-9(13)14/h7-8H,5-6H2,1-4H3,(H,13,14). The highest BCUT2D eigenvalue weighted by Gasteiger charge is 2.40. The van der Waals surface area contributed by atoms with E-state index in [4.69, 9.17) is 21.4 Å². The van der Waals surface area contributed by atoms with E-state index < -0.39 is 24.0 Å². The number of carbonyl (C=O) groups is 2. The second kappa shape index (κ2) is 6.09. The lowest BCUT2D eigenvalue weighted by molar-refractivity contribution is -0.171. The van der Waals surface area contributed by atoms with Gasteiger partial charge in [-0.25, -0.2) is 0 Å². The van der Waals surface area contributed by atoms with Crippen molar-refractivity contribution in [1.82, 2.24) is 0 Å². The molecule has 0 bridgehead atoms. The maximum atomic E-state index is 11.4. The van der Waals surface area contributed by atoms with E-state index >= 15 is 0 Å². The van der Waals surface area contributed by atoms with Crippen LogP contribution in [0.2, 0.25) is 0 Å². The lowest BCUT2D eigenvalue weighted by Crippen LogP contribution is -2.47. The highest BCUT2D eigenvalue weighted by Crippen LogP contribution is 2.32. The molecule has 0 aromatic rings. The molecular formula is C11H19ClO4. The van der Waals surface area contributed by atoms with Gasteiger partial charge in [0.1, 0.15) is 12.0 Å². The van der Waals surface area contributed by atoms with Gasteiger partial charge in [-0.2, -0.15) is 0 Å². The van der Waals surface area contributed by atoms with Gasteiger partial charge in [-0.3, -0.25) is 9.59 Å². The maximum Gasteiger partial charge on any atom is 0.317 e. The predicted octanol–water partition coefficient (Wildman–Crippen LogP) is 2.29. The molecule has 5 heteroatoms. The molecule has 4 nitrogen and oxygen atoms in total. The summed E-state index contributed by atoms with van der Waals surface area (Å²) in [5.74, 6) is -1.71. The number of hydrogen-bond acceptors (Lipinski definition) is 3. The minimum Gasteiger partial charge on any atom is -0.481 e. The second-order valence-electron chi connectivity index (χ2n) is 4.44. The van der Waals surface area contributed by atoms with Gasteiger partial charge in [0.15, 0.2) is 0 Å². The largest absolute Gasteiger partial charge is 0.481 e. The monoisotopic (exact) mass is 250 g/mol. The molecule has 0 aliphatic rings. The zero-order valence-corrected chi connectivity index (χ0v) is 10.9. The summed E-state index contributed by atoms with van der Waals surface area (Å²) < 4.78 is 5.27. The highest BCUT2D eigenvalue weighted by atomic mass is 35.5. The Labute approximate surface area is 101 Å². The van der Waals surface area contributed by atoms with Crippen molar-refractivity contribution in [2.45, 2.75) is 39.7 Å². The van der Waals surface area contributed by atoms with E-state index in [1.165, 1.54) is 0 Å². The smallest absolute Gasteiger partial charge is 0.317 e. The Morgan fingerprint density at radius 1 is 1.25 bits per heavy atom. The first-order valence-electron chi connectivity index (χ1n) is 5.25. The minimum atomic E-state index is -1.19. The molecule has 0 aromatic carbocycles. The van der Waals surface area contributed by atoms with E-state index in [9.17, 15) is 9.59 Å². The van der Waals surface area contributed by atoms with Gasteiger partial charge in [-0.15, -0.1) is 11.6 Å². The number of halogens is 1. The summed E-state index contributed by atoms with van der Waals surface area (Å²) >= 11 is 5.87. The van der Waals surface area contributed by atoms with Crippen molar-refractivity contribution >= 4 is 23.5 Å². The Morgan fingerprint density at radius 3 is 1.94 bits per heavy atom. The Kier molecular flexibility index (Phi) is 5.79. The van der Waals surface area contributed by atoms with Gasteiger partial charge in [0.2, 0.25) is 0 Å². The quantitative estimate of drug-likeness (QED) is 0.446. The molecule has 0 aliphatic heterocycles. The van der Waals surface area contributed by atoms with Crippen LogP contribution in [-0.2, 0) is 14.3 Å². The topological polar surface area (TPSA) is 63.6 Å². The van der Waals surface area contributed by atoms with Gasteiger partial charge in [0.25, 0.3) is 0 Å². The Hall–Kier alpha value is -0.770. The molecule has 0 heterocycles. The average molecular weight is 251 g/mol. The molecule has 0 aromatic heterocycles. The third-order valence-corrected chi connectivity index (χ3v) is 3.18. The first kappa shape index (κ1) is 15.2. The van der Waals surface area contributed by atoms with Gasteiger partial charge in [0.05, 0.1) is 5.88 Å². The fourth-order valence-corrected chi connectivity index (χ4v) is 2.28. The van der Waals surface area contributed by atoms with Gasteiger partial charge in [-0.1, -0.05) is 27.7 Å². The van der Waals surface area contributed by atoms with Gasteiger partial charge in [-0.05, 0) is 11.8 Å². The van der Waals surface area contributed by atoms with Crippen molar-refractivity contribution in [1.29, 1.82) is 0 Å². The molecule has 1 N–H and O–H groups in total. The fraction of sp³-hybridized carbons (Fsp3) is 0.818. The zero-order valence-electron chi connectivity index (χ0n) is 10.1. The van der Waals surface area contributed by atoms with Gasteiger partial charge < -0.3 is 9.84 Å². The van der Waals surface area contributed by atoms with Crippen molar-refractivity contribution in [3.63, 3.8) is 0 Å². The predicted molar refractivity (Wildman–Crippen MR) is 61.5 cm³/mol. The van der Waals surface area contributed by atoms with Crippen LogP contribution in [0, 0.1) is 11.8 Å². The molecule has 0 radical (unpaired) electrons. The Bertz CT molecular complexity index is 253. The van der Waals surface area contributed by atoms with Crippen LogP contribution in [0.4, 0.5) is 0 Å². The third-order valence-electron chi connectivity index (χ3n) is 2.76. The number of carbonyl (C=O) groups excluding carboxylic acids is 1. The summed E-state index contributed by atoms with van der Waals surface area (Å²) in [6.07, 6.45) is -0.627. The van der Waals surface area contributed by atoms with Crippen LogP contribution in [0.5, 0.6) is 0 Å². The number of ether oxygens (including phenoxy) is 1. The number of esters is 1. The Morgan fingerprint density at radius 2 is 1.69 bits per heavy atom. The molecular weight excluding hydrogens is 232 g/mol. The van der Waals surface area contributed by atoms with Crippen molar-refractivity contribution < 1.29 is 19.4 Å². The van der Waals surface area contributed by atoms with E-state index in [1.54, 1.807) is 0 Å². The summed E-state index contributed by atoms with van der Waals surface area (Å²) in [5.41, 5.74) is -0.798. The number of hydrogen-bond donors (Lipinski definition) is 1. The molecule has 0 saturated carbocycles. The maximum absolute atomic E-state index is 11.4. The zero-order chi connectivity index (χ0) is 12.9. The van der Waals surface area contributed by atoms with E-state index in [0.29, 0.717) is 0 Å². The SMILES string of the molecule is CC(C)C(CCl)(OC(=O)CC(=O)O)C(C)C. The summed E-state index contributed by atoms with van der Waals surface area (Å²) in [6, 6.07) is 0. The molecule has 94 valence electrons. The van der Waals surface area contributed by atoms with E-state index in [1.807, 2.05) is 27.7 Å². The number of rotatable bonds is 6. The molecule has 0 amide bonds. The third kappa shape index (κ3) is 3.67. The van der Waals surface area contributed by atoms with Crippen molar-refractivity contribution in [2.24, 2.45) is 11.8 Å². The molecule has 0 rings (SSSR count). The van der Waals surface area contributed by atoms with Crippen LogP contribution >= 0.6 is 11.6 Å². The highest BCUT2D eigenvalue weighted by molar-refractivity contribution is 6.18. The summed E-state index contributed by atoms with van der Waals surface area (Å²) in [7, 11) is 0. The lowest BCUT2D eigenvalue weighted by atomic mass is 9.81. The summed E-state index contributed by atoms with van der Waals surface area (Å²) in [6.45, 7) is 7.60. The van der Waals surface area contributed by atoms with Crippen molar-refractivity contribution in [3.8, 4) is 0 Å². The van der Waals surface area contributed by atoms with E-state index in [-0.39, 0.29) is 17.7 Å². The second-order valence-corrected chi connectivity index (χ2v) is 4.71. The molecule has 0 unspecified atom stereocenters. The van der Waals surface area contributed by atoms with Gasteiger partial charge in [0, 0.05) is 0 Å². The van der Waals surface area contributed by atoms with Gasteiger partial charge >= 0.3 is 11.9 Å². The fourth-order valence-electron chi connectivity index (χ4n) is 1.61. The normalized spacial score (nSPS) is 11.9. The van der Waals surface area contributed by atoms with Crippen molar-refractivity contribution in [2.75, 3.05) is 5.88 Å². The average Bonchev–Trinajstić information content (AvgIpc) is 2.11. The Balaban J connectivity index is 4.79. The van der Waals surface area contributed by atoms with Crippen LogP contribution in [0.1, 0.15) is 34.1 Å². The molecule has 0 spiro atoms. The van der Waals surface area contributed by atoms with Crippen LogP contribution in [0.3, 0.4) is 0 Å². The van der Waals surface area contributed by atoms with Crippen LogP contribution in [-0.4, -0.2) is 28.5 Å². The summed E-state index contributed by atoms with van der Waals surface area (Å²) in [4.78, 5) is 21.8. The number of carboxylic acid groups (broad SMARTS) is 1. The summed E-state index contributed by atoms with van der Waals surface area (Å²) in [5, 5.41) is 8.50. The number of carboxylic acids is 1. The van der Waals surface area contributed by atoms with Crippen LogP contribution in [0.15, 0.2) is 0 Å². The van der Waals surface area contributed by atoms with E-state index in [0.717, 1.165) is 0 Å². The first-order chi connectivity index (χ1) is 7.26. The molecule has 0 aliphatic carbocycles. The molecule has 16 heavy (non-hydrogen) atoms.